The third-order valence-corrected chi connectivity index (χ3v) is 3.47. The van der Waals surface area contributed by atoms with Gasteiger partial charge in [-0.25, -0.2) is 0 Å². The van der Waals surface area contributed by atoms with Gasteiger partial charge in [-0.2, -0.15) is 0 Å². The van der Waals surface area contributed by atoms with Crippen LogP contribution >= 0.6 is 0 Å². The van der Waals surface area contributed by atoms with Crippen molar-refractivity contribution in [1.82, 2.24) is 0 Å². The molecule has 0 saturated heterocycles. The first kappa shape index (κ1) is 12.6. The van der Waals surface area contributed by atoms with Gasteiger partial charge in [-0.1, -0.05) is 18.2 Å². The number of nitrogens with zero attached hydrogens (tertiary/aromatic N) is 1. The van der Waals surface area contributed by atoms with E-state index in [1.807, 2.05) is 18.2 Å². The van der Waals surface area contributed by atoms with Gasteiger partial charge in [-0.15, -0.1) is 0 Å². The summed E-state index contributed by atoms with van der Waals surface area (Å²) in [4.78, 5) is 24.5. The van der Waals surface area contributed by atoms with Crippen LogP contribution in [-0.4, -0.2) is 24.0 Å². The Bertz CT molecular complexity index is 520. The summed E-state index contributed by atoms with van der Waals surface area (Å²) in [6.07, 6.45) is 0.830. The minimum absolute atomic E-state index is 0.0607. The minimum atomic E-state index is -0.832. The van der Waals surface area contributed by atoms with E-state index in [1.165, 1.54) is 0 Å². The quantitative estimate of drug-likeness (QED) is 0.887. The molecule has 1 aliphatic heterocycles. The van der Waals surface area contributed by atoms with Crippen molar-refractivity contribution in [3.05, 3.63) is 29.3 Å². The van der Waals surface area contributed by atoms with Crippen LogP contribution in [0.3, 0.4) is 0 Å². The lowest BCUT2D eigenvalue weighted by molar-refractivity contribution is -0.146. The largest absolute Gasteiger partial charge is 0.481 e. The van der Waals surface area contributed by atoms with E-state index in [0.29, 0.717) is 12.8 Å². The minimum Gasteiger partial charge on any atom is -0.481 e. The van der Waals surface area contributed by atoms with Crippen LogP contribution in [0.2, 0.25) is 0 Å². The van der Waals surface area contributed by atoms with E-state index in [1.54, 1.807) is 25.8 Å². The number of carbonyl (C=O) groups is 2. The topological polar surface area (TPSA) is 57.6 Å². The van der Waals surface area contributed by atoms with Gasteiger partial charge in [0.1, 0.15) is 0 Å². The number of hydrogen-bond donors (Lipinski definition) is 1. The predicted molar refractivity (Wildman–Crippen MR) is 68.7 cm³/mol. The normalized spacial score (nSPS) is 14.8. The van der Waals surface area contributed by atoms with Crippen LogP contribution in [0.4, 0.5) is 5.69 Å². The molecule has 0 radical (unpaired) electrons. The molecule has 0 fully saturated rings. The van der Waals surface area contributed by atoms with E-state index < -0.39 is 11.4 Å². The zero-order valence-corrected chi connectivity index (χ0v) is 10.9. The first-order valence-corrected chi connectivity index (χ1v) is 5.93. The fourth-order valence-corrected chi connectivity index (χ4v) is 2.32. The highest BCUT2D eigenvalue weighted by Gasteiger charge is 2.32. The highest BCUT2D eigenvalue weighted by molar-refractivity contribution is 6.01. The van der Waals surface area contributed by atoms with Gasteiger partial charge in [0.05, 0.1) is 17.5 Å². The third kappa shape index (κ3) is 1.98. The van der Waals surface area contributed by atoms with Crippen molar-refractivity contribution < 1.29 is 14.7 Å². The Morgan fingerprint density at radius 1 is 1.44 bits per heavy atom. The van der Waals surface area contributed by atoms with E-state index >= 15 is 0 Å². The average Bonchev–Trinajstić information content (AvgIpc) is 2.55. The molecule has 2 rings (SSSR count). The molecule has 4 heteroatoms. The van der Waals surface area contributed by atoms with Crippen molar-refractivity contribution in [3.63, 3.8) is 0 Å². The van der Waals surface area contributed by atoms with Crippen molar-refractivity contribution >= 4 is 17.6 Å². The van der Waals surface area contributed by atoms with E-state index in [2.05, 4.69) is 0 Å². The lowest BCUT2D eigenvalue weighted by Gasteiger charge is -2.22. The molecule has 18 heavy (non-hydrogen) atoms. The summed E-state index contributed by atoms with van der Waals surface area (Å²) >= 11 is 0. The summed E-state index contributed by atoms with van der Waals surface area (Å²) in [7, 11) is 1.74. The third-order valence-electron chi connectivity index (χ3n) is 3.47. The van der Waals surface area contributed by atoms with E-state index in [0.717, 1.165) is 16.8 Å². The fourth-order valence-electron chi connectivity index (χ4n) is 2.32. The van der Waals surface area contributed by atoms with Crippen molar-refractivity contribution in [1.29, 1.82) is 0 Å². The lowest BCUT2D eigenvalue weighted by Crippen LogP contribution is -2.28. The molecule has 96 valence electrons. The molecule has 4 nitrogen and oxygen atoms in total. The Morgan fingerprint density at radius 2 is 2.11 bits per heavy atom. The number of aliphatic carboxylic acids is 1. The molecule has 1 aromatic carbocycles. The summed E-state index contributed by atoms with van der Waals surface area (Å²) < 4.78 is 0. The van der Waals surface area contributed by atoms with Crippen molar-refractivity contribution in [3.8, 4) is 0 Å². The second kappa shape index (κ2) is 4.12. The summed E-state index contributed by atoms with van der Waals surface area (Å²) in [6, 6.07) is 5.71. The molecule has 0 atom stereocenters. The second-order valence-electron chi connectivity index (χ2n) is 5.42. The van der Waals surface area contributed by atoms with Crippen molar-refractivity contribution in [2.45, 2.75) is 26.7 Å². The lowest BCUT2D eigenvalue weighted by atomic mass is 9.85. The SMILES string of the molecule is CN1C(=O)Cc2cccc(CC(C)(C)C(=O)O)c21. The first-order chi connectivity index (χ1) is 8.33. The number of rotatable bonds is 3. The van der Waals surface area contributed by atoms with Gasteiger partial charge in [-0.3, -0.25) is 9.59 Å². The molecule has 1 aromatic rings. The maximum atomic E-state index is 11.7. The van der Waals surface area contributed by atoms with Gasteiger partial charge >= 0.3 is 5.97 Å². The summed E-state index contributed by atoms with van der Waals surface area (Å²) in [5, 5.41) is 9.19. The molecule has 1 N–H and O–H groups in total. The molecule has 0 aliphatic carbocycles. The van der Waals surface area contributed by atoms with Crippen molar-refractivity contribution in [2.75, 3.05) is 11.9 Å². The molecule has 1 aliphatic rings. The van der Waals surface area contributed by atoms with E-state index in [4.69, 9.17) is 0 Å². The van der Waals surface area contributed by atoms with Gasteiger partial charge in [0.15, 0.2) is 0 Å². The number of hydrogen-bond acceptors (Lipinski definition) is 2. The number of carboxylic acids is 1. The molecule has 0 saturated carbocycles. The Hall–Kier alpha value is -1.84. The smallest absolute Gasteiger partial charge is 0.309 e. The number of carbonyl (C=O) groups excluding carboxylic acids is 1. The van der Waals surface area contributed by atoms with Gasteiger partial charge in [-0.05, 0) is 31.4 Å². The maximum Gasteiger partial charge on any atom is 0.309 e. The number of benzene rings is 1. The first-order valence-electron chi connectivity index (χ1n) is 5.93. The Balaban J connectivity index is 2.40. The summed E-state index contributed by atoms with van der Waals surface area (Å²) in [6.45, 7) is 3.40. The molecule has 1 amide bonds. The molecule has 0 spiro atoms. The van der Waals surface area contributed by atoms with Gasteiger partial charge in [0.25, 0.3) is 0 Å². The molecular formula is C14H17NO3. The van der Waals surface area contributed by atoms with Gasteiger partial charge in [0.2, 0.25) is 5.91 Å². The average molecular weight is 247 g/mol. The molecule has 1 heterocycles. The number of likely N-dealkylation sites (N-methyl/N-ethyl adjacent to an activating group) is 1. The van der Waals surface area contributed by atoms with Crippen LogP contribution in [0.1, 0.15) is 25.0 Å². The maximum absolute atomic E-state index is 11.7. The van der Waals surface area contributed by atoms with Crippen molar-refractivity contribution in [2.24, 2.45) is 5.41 Å². The Labute approximate surface area is 106 Å². The highest BCUT2D eigenvalue weighted by atomic mass is 16.4. The fraction of sp³-hybridized carbons (Fsp3) is 0.429. The predicted octanol–water partition coefficient (Wildman–Crippen LogP) is 1.86. The zero-order valence-electron chi connectivity index (χ0n) is 10.9. The number of anilines is 1. The Kier molecular flexibility index (Phi) is 2.89. The number of amides is 1. The summed E-state index contributed by atoms with van der Waals surface area (Å²) in [5.41, 5.74) is 1.97. The van der Waals surface area contributed by atoms with Crippen LogP contribution in [0.25, 0.3) is 0 Å². The number of para-hydroxylation sites is 1. The molecule has 0 bridgehead atoms. The van der Waals surface area contributed by atoms with Crippen LogP contribution < -0.4 is 4.90 Å². The van der Waals surface area contributed by atoms with Crippen LogP contribution in [0.15, 0.2) is 18.2 Å². The Morgan fingerprint density at radius 3 is 2.72 bits per heavy atom. The van der Waals surface area contributed by atoms with Crippen LogP contribution in [0.5, 0.6) is 0 Å². The standard InChI is InChI=1S/C14H17NO3/c1-14(2,13(17)18)8-10-6-4-5-9-7-11(16)15(3)12(9)10/h4-6H,7-8H2,1-3H3,(H,17,18). The van der Waals surface area contributed by atoms with E-state index in [-0.39, 0.29) is 5.91 Å². The van der Waals surface area contributed by atoms with Gasteiger partial charge in [0, 0.05) is 7.05 Å². The second-order valence-corrected chi connectivity index (χ2v) is 5.42. The highest BCUT2D eigenvalue weighted by Crippen LogP contribution is 2.35. The monoisotopic (exact) mass is 247 g/mol. The van der Waals surface area contributed by atoms with Crippen LogP contribution in [-0.2, 0) is 22.4 Å². The van der Waals surface area contributed by atoms with E-state index in [9.17, 15) is 14.7 Å². The molecule has 0 unspecified atom stereocenters. The number of carboxylic acid groups (broad SMARTS) is 1. The number of fused-ring (bicyclic) bond motifs is 1. The molecular weight excluding hydrogens is 230 g/mol. The zero-order chi connectivity index (χ0) is 13.5. The summed E-state index contributed by atoms with van der Waals surface area (Å²) in [5.74, 6) is -0.766. The van der Waals surface area contributed by atoms with Crippen LogP contribution in [0, 0.1) is 5.41 Å². The molecule has 0 aromatic heterocycles. The van der Waals surface area contributed by atoms with Gasteiger partial charge < -0.3 is 10.0 Å².